The summed E-state index contributed by atoms with van der Waals surface area (Å²) in [6.07, 6.45) is 11.8. The van der Waals surface area contributed by atoms with Crippen LogP contribution < -0.4 is 10.2 Å². The third-order valence-electron chi connectivity index (χ3n) is 4.76. The van der Waals surface area contributed by atoms with E-state index in [-0.39, 0.29) is 0 Å². The fourth-order valence-electron chi connectivity index (χ4n) is 3.62. The lowest BCUT2D eigenvalue weighted by molar-refractivity contribution is 0.351. The highest BCUT2D eigenvalue weighted by Crippen LogP contribution is 2.31. The van der Waals surface area contributed by atoms with Crippen molar-refractivity contribution in [2.24, 2.45) is 0 Å². The second kappa shape index (κ2) is 5.53. The molecule has 0 aromatic carbocycles. The zero-order valence-electron chi connectivity index (χ0n) is 12.2. The Morgan fingerprint density at radius 2 is 2.11 bits per heavy atom. The molecule has 2 unspecified atom stereocenters. The first-order valence-corrected chi connectivity index (χ1v) is 7.78. The summed E-state index contributed by atoms with van der Waals surface area (Å²) >= 11 is 0. The number of nitrogens with zero attached hydrogens (tertiary/aromatic N) is 3. The van der Waals surface area contributed by atoms with Crippen LogP contribution in [0.2, 0.25) is 0 Å². The molecule has 3 rings (SSSR count). The van der Waals surface area contributed by atoms with Crippen LogP contribution in [0.15, 0.2) is 12.4 Å². The van der Waals surface area contributed by atoms with Crippen LogP contribution in [0.4, 0.5) is 5.95 Å². The second-order valence-corrected chi connectivity index (χ2v) is 6.15. The summed E-state index contributed by atoms with van der Waals surface area (Å²) in [6, 6.07) is 2.14. The number of unbranched alkanes of at least 4 members (excludes halogenated alkanes) is 1. The predicted molar refractivity (Wildman–Crippen MR) is 78.5 cm³/mol. The van der Waals surface area contributed by atoms with Crippen LogP contribution in [0.25, 0.3) is 0 Å². The molecule has 2 aliphatic rings. The van der Waals surface area contributed by atoms with Crippen molar-refractivity contribution in [1.29, 1.82) is 0 Å². The molecule has 1 aromatic heterocycles. The van der Waals surface area contributed by atoms with Gasteiger partial charge in [-0.1, -0.05) is 13.3 Å². The van der Waals surface area contributed by atoms with E-state index in [9.17, 15) is 0 Å². The van der Waals surface area contributed by atoms with Gasteiger partial charge >= 0.3 is 0 Å². The summed E-state index contributed by atoms with van der Waals surface area (Å²) < 4.78 is 2.31. The molecule has 0 aliphatic carbocycles. The Balaban J connectivity index is 1.69. The Bertz CT molecular complexity index is 402. The van der Waals surface area contributed by atoms with E-state index < -0.39 is 0 Å². The third-order valence-corrected chi connectivity index (χ3v) is 4.76. The third kappa shape index (κ3) is 2.64. The van der Waals surface area contributed by atoms with Crippen LogP contribution in [-0.4, -0.2) is 34.7 Å². The predicted octanol–water partition coefficient (Wildman–Crippen LogP) is 2.40. The first-order chi connectivity index (χ1) is 9.28. The molecule has 106 valence electrons. The number of nitrogens with one attached hydrogen (secondary N) is 1. The largest absolute Gasteiger partial charge is 0.342 e. The van der Waals surface area contributed by atoms with Crippen molar-refractivity contribution < 1.29 is 0 Å². The molecule has 19 heavy (non-hydrogen) atoms. The number of fused-ring (bicyclic) bond motifs is 2. The molecule has 4 heteroatoms. The lowest BCUT2D eigenvalue weighted by Gasteiger charge is -2.36. The van der Waals surface area contributed by atoms with Crippen molar-refractivity contribution in [2.45, 2.75) is 70.1 Å². The van der Waals surface area contributed by atoms with Gasteiger partial charge < -0.3 is 14.8 Å². The fourth-order valence-corrected chi connectivity index (χ4v) is 3.62. The molecule has 4 nitrogen and oxygen atoms in total. The molecule has 1 aromatic rings. The SMILES string of the molecule is CCCCn1ccnc1N(C)C1CC2CCC(C1)N2. The van der Waals surface area contributed by atoms with E-state index in [2.05, 4.69) is 39.9 Å². The van der Waals surface area contributed by atoms with Crippen LogP contribution in [-0.2, 0) is 6.54 Å². The molecule has 1 N–H and O–H groups in total. The number of piperidine rings is 1. The minimum Gasteiger partial charge on any atom is -0.342 e. The molecule has 2 fully saturated rings. The van der Waals surface area contributed by atoms with Crippen LogP contribution >= 0.6 is 0 Å². The average Bonchev–Trinajstić information content (AvgIpc) is 3.02. The number of aryl methyl sites for hydroxylation is 1. The zero-order chi connectivity index (χ0) is 13.2. The smallest absolute Gasteiger partial charge is 0.205 e. The van der Waals surface area contributed by atoms with Crippen LogP contribution in [0.5, 0.6) is 0 Å². The van der Waals surface area contributed by atoms with Gasteiger partial charge in [0.2, 0.25) is 5.95 Å². The van der Waals surface area contributed by atoms with Crippen LogP contribution in [0.1, 0.15) is 45.4 Å². The molecule has 2 saturated heterocycles. The quantitative estimate of drug-likeness (QED) is 0.884. The van der Waals surface area contributed by atoms with E-state index >= 15 is 0 Å². The number of rotatable bonds is 5. The summed E-state index contributed by atoms with van der Waals surface area (Å²) in [5.74, 6) is 1.15. The van der Waals surface area contributed by atoms with Gasteiger partial charge in [-0.25, -0.2) is 4.98 Å². The van der Waals surface area contributed by atoms with Crippen molar-refractivity contribution in [1.82, 2.24) is 14.9 Å². The van der Waals surface area contributed by atoms with Gasteiger partial charge in [-0.3, -0.25) is 0 Å². The van der Waals surface area contributed by atoms with Gasteiger partial charge in [0, 0.05) is 44.1 Å². The molecule has 0 amide bonds. The van der Waals surface area contributed by atoms with Crippen molar-refractivity contribution in [3.8, 4) is 0 Å². The summed E-state index contributed by atoms with van der Waals surface area (Å²) in [6.45, 7) is 3.33. The van der Waals surface area contributed by atoms with Gasteiger partial charge in [0.25, 0.3) is 0 Å². The molecular weight excluding hydrogens is 236 g/mol. The Morgan fingerprint density at radius 1 is 1.37 bits per heavy atom. The summed E-state index contributed by atoms with van der Waals surface area (Å²) in [5, 5.41) is 3.72. The van der Waals surface area contributed by atoms with Gasteiger partial charge in [0.05, 0.1) is 0 Å². The van der Waals surface area contributed by atoms with Gasteiger partial charge in [-0.2, -0.15) is 0 Å². The van der Waals surface area contributed by atoms with Gasteiger partial charge in [-0.15, -0.1) is 0 Å². The highest BCUT2D eigenvalue weighted by molar-refractivity contribution is 5.32. The Kier molecular flexibility index (Phi) is 3.78. The summed E-state index contributed by atoms with van der Waals surface area (Å²) in [4.78, 5) is 7.00. The maximum absolute atomic E-state index is 4.58. The highest BCUT2D eigenvalue weighted by Gasteiger charge is 2.35. The second-order valence-electron chi connectivity index (χ2n) is 6.15. The van der Waals surface area contributed by atoms with E-state index in [0.717, 1.165) is 24.6 Å². The standard InChI is InChI=1S/C15H26N4/c1-3-4-8-19-9-7-16-15(19)18(2)14-10-12-5-6-13(11-14)17-12/h7,9,12-14,17H,3-6,8,10-11H2,1-2H3. The lowest BCUT2D eigenvalue weighted by atomic mass is 9.99. The minimum atomic E-state index is 0.654. The van der Waals surface area contributed by atoms with E-state index in [4.69, 9.17) is 0 Å². The molecule has 0 saturated carbocycles. The van der Waals surface area contributed by atoms with Gasteiger partial charge in [-0.05, 0) is 32.1 Å². The molecule has 2 aliphatic heterocycles. The number of aromatic nitrogens is 2. The van der Waals surface area contributed by atoms with E-state index in [1.807, 2.05) is 6.20 Å². The highest BCUT2D eigenvalue weighted by atomic mass is 15.3. The van der Waals surface area contributed by atoms with E-state index in [1.165, 1.54) is 38.5 Å². The fraction of sp³-hybridized carbons (Fsp3) is 0.800. The molecule has 0 spiro atoms. The van der Waals surface area contributed by atoms with Crippen molar-refractivity contribution in [3.63, 3.8) is 0 Å². The monoisotopic (exact) mass is 262 g/mol. The maximum Gasteiger partial charge on any atom is 0.205 e. The summed E-state index contributed by atoms with van der Waals surface area (Å²) in [7, 11) is 2.22. The molecule has 0 radical (unpaired) electrons. The van der Waals surface area contributed by atoms with E-state index in [1.54, 1.807) is 0 Å². The van der Waals surface area contributed by atoms with Crippen LogP contribution in [0.3, 0.4) is 0 Å². The Morgan fingerprint density at radius 3 is 2.79 bits per heavy atom. The van der Waals surface area contributed by atoms with Crippen molar-refractivity contribution in [2.75, 3.05) is 11.9 Å². The maximum atomic E-state index is 4.58. The lowest BCUT2D eigenvalue weighted by Crippen LogP contribution is -2.47. The first kappa shape index (κ1) is 13.0. The number of anilines is 1. The van der Waals surface area contributed by atoms with Crippen LogP contribution in [0, 0.1) is 0 Å². The number of imidazole rings is 1. The number of hydrogen-bond acceptors (Lipinski definition) is 3. The van der Waals surface area contributed by atoms with Crippen molar-refractivity contribution in [3.05, 3.63) is 12.4 Å². The Hall–Kier alpha value is -1.03. The normalized spacial score (nSPS) is 29.7. The molecule has 2 bridgehead atoms. The molecular formula is C15H26N4. The van der Waals surface area contributed by atoms with Gasteiger partial charge in [0.15, 0.2) is 0 Å². The first-order valence-electron chi connectivity index (χ1n) is 7.78. The number of hydrogen-bond donors (Lipinski definition) is 1. The zero-order valence-corrected chi connectivity index (χ0v) is 12.2. The molecule has 3 heterocycles. The van der Waals surface area contributed by atoms with Crippen molar-refractivity contribution >= 4 is 5.95 Å². The minimum absolute atomic E-state index is 0.654. The average molecular weight is 262 g/mol. The Labute approximate surface area is 116 Å². The summed E-state index contributed by atoms with van der Waals surface area (Å²) in [5.41, 5.74) is 0. The van der Waals surface area contributed by atoms with Gasteiger partial charge in [0.1, 0.15) is 0 Å². The topological polar surface area (TPSA) is 33.1 Å². The van der Waals surface area contributed by atoms with E-state index in [0.29, 0.717) is 6.04 Å². The molecule has 2 atom stereocenters.